The summed E-state index contributed by atoms with van der Waals surface area (Å²) in [6, 6.07) is 18.3. The molecular weight excluding hydrogens is 328 g/mol. The first kappa shape index (κ1) is 15.9. The summed E-state index contributed by atoms with van der Waals surface area (Å²) in [6.45, 7) is 3.28. The van der Waals surface area contributed by atoms with Crippen LogP contribution in [0.2, 0.25) is 0 Å². The number of para-hydroxylation sites is 1. The van der Waals surface area contributed by atoms with Crippen molar-refractivity contribution < 1.29 is 4.79 Å². The Kier molecular flexibility index (Phi) is 4.28. The van der Waals surface area contributed by atoms with Crippen molar-refractivity contribution in [2.24, 2.45) is 4.99 Å². The number of ketones is 1. The fraction of sp³-hybridized carbons (Fsp3) is 0.143. The lowest BCUT2D eigenvalue weighted by Crippen LogP contribution is -2.16. The van der Waals surface area contributed by atoms with E-state index in [2.05, 4.69) is 41.1 Å². The minimum atomic E-state index is 0.0827. The van der Waals surface area contributed by atoms with Crippen LogP contribution in [-0.2, 0) is 4.79 Å². The van der Waals surface area contributed by atoms with Gasteiger partial charge in [0.05, 0.1) is 16.4 Å². The molecule has 4 rings (SSSR count). The normalized spacial score (nSPS) is 19.6. The number of carbonyl (C=O) groups is 1. The Labute approximate surface area is 151 Å². The molecule has 2 aromatic carbocycles. The van der Waals surface area contributed by atoms with E-state index in [1.165, 1.54) is 10.6 Å². The van der Waals surface area contributed by atoms with Crippen LogP contribution in [0.5, 0.6) is 0 Å². The van der Waals surface area contributed by atoms with Crippen LogP contribution in [0.3, 0.4) is 0 Å². The molecule has 25 heavy (non-hydrogen) atoms. The molecule has 2 aromatic rings. The van der Waals surface area contributed by atoms with E-state index in [4.69, 9.17) is 0 Å². The van der Waals surface area contributed by atoms with E-state index in [0.29, 0.717) is 5.57 Å². The van der Waals surface area contributed by atoms with Gasteiger partial charge < -0.3 is 4.90 Å². The third-order valence-corrected chi connectivity index (χ3v) is 5.46. The van der Waals surface area contributed by atoms with Crippen LogP contribution in [0, 0.1) is 0 Å². The second-order valence-electron chi connectivity index (χ2n) is 5.85. The van der Waals surface area contributed by atoms with Gasteiger partial charge in [0.25, 0.3) is 0 Å². The number of benzene rings is 2. The van der Waals surface area contributed by atoms with E-state index in [-0.39, 0.29) is 12.3 Å². The third kappa shape index (κ3) is 2.94. The van der Waals surface area contributed by atoms with Crippen molar-refractivity contribution in [2.75, 3.05) is 18.0 Å². The zero-order valence-corrected chi connectivity index (χ0v) is 14.8. The van der Waals surface area contributed by atoms with E-state index >= 15 is 0 Å². The van der Waals surface area contributed by atoms with Crippen molar-refractivity contribution in [3.05, 3.63) is 82.9 Å². The summed E-state index contributed by atoms with van der Waals surface area (Å²) in [5, 5.41) is 1.14. The van der Waals surface area contributed by atoms with Gasteiger partial charge in [-0.2, -0.15) is 0 Å². The van der Waals surface area contributed by atoms with Crippen LogP contribution in [0.25, 0.3) is 0 Å². The van der Waals surface area contributed by atoms with Crippen molar-refractivity contribution in [1.82, 2.24) is 0 Å². The molecule has 0 saturated heterocycles. The Balaban J connectivity index is 1.68. The number of allylic oxidation sites excluding steroid dienone is 2. The average Bonchev–Trinajstić information content (AvgIpc) is 3.20. The number of aliphatic imine (C=N–C) groups is 1. The SMILES string of the molecule is CCN1C(=CC=C2C(=O)CN=C2c2ccccc2)Sc2ccccc21. The summed E-state index contributed by atoms with van der Waals surface area (Å²) in [4.78, 5) is 20.3. The van der Waals surface area contributed by atoms with Crippen molar-refractivity contribution in [3.63, 3.8) is 0 Å². The highest BCUT2D eigenvalue weighted by Crippen LogP contribution is 2.45. The van der Waals surface area contributed by atoms with Gasteiger partial charge in [0.2, 0.25) is 0 Å². The maximum Gasteiger partial charge on any atom is 0.186 e. The summed E-state index contributed by atoms with van der Waals surface area (Å²) < 4.78 is 0. The van der Waals surface area contributed by atoms with E-state index < -0.39 is 0 Å². The van der Waals surface area contributed by atoms with Gasteiger partial charge in [-0.15, -0.1) is 0 Å². The molecule has 0 unspecified atom stereocenters. The number of Topliss-reactive ketones (excluding diaryl/α,β-unsaturated/α-hetero) is 1. The number of hydrogen-bond acceptors (Lipinski definition) is 4. The Hall–Kier alpha value is -2.59. The smallest absolute Gasteiger partial charge is 0.186 e. The monoisotopic (exact) mass is 346 g/mol. The minimum absolute atomic E-state index is 0.0827. The first-order valence-electron chi connectivity index (χ1n) is 8.38. The lowest BCUT2D eigenvalue weighted by Gasteiger charge is -2.17. The fourth-order valence-corrected chi connectivity index (χ4v) is 4.25. The average molecular weight is 346 g/mol. The highest BCUT2D eigenvalue weighted by molar-refractivity contribution is 8.03. The summed E-state index contributed by atoms with van der Waals surface area (Å²) in [5.41, 5.74) is 3.72. The number of nitrogens with zero attached hydrogens (tertiary/aromatic N) is 2. The Morgan fingerprint density at radius 2 is 1.84 bits per heavy atom. The van der Waals surface area contributed by atoms with E-state index in [1.807, 2.05) is 42.5 Å². The van der Waals surface area contributed by atoms with Crippen molar-refractivity contribution in [1.29, 1.82) is 0 Å². The summed E-state index contributed by atoms with van der Waals surface area (Å²) in [7, 11) is 0. The molecule has 0 radical (unpaired) electrons. The van der Waals surface area contributed by atoms with Crippen LogP contribution in [0.15, 0.2) is 87.2 Å². The minimum Gasteiger partial charge on any atom is -0.335 e. The fourth-order valence-electron chi connectivity index (χ4n) is 3.13. The van der Waals surface area contributed by atoms with Gasteiger partial charge >= 0.3 is 0 Å². The number of carbonyl (C=O) groups excluding carboxylic acids is 1. The largest absolute Gasteiger partial charge is 0.335 e. The molecule has 0 spiro atoms. The lowest BCUT2D eigenvalue weighted by atomic mass is 10.0. The molecule has 0 aliphatic carbocycles. The molecule has 0 N–H and O–H groups in total. The molecule has 124 valence electrons. The molecule has 2 aliphatic heterocycles. The molecule has 0 aromatic heterocycles. The predicted octanol–water partition coefficient (Wildman–Crippen LogP) is 4.46. The quantitative estimate of drug-likeness (QED) is 0.769. The summed E-state index contributed by atoms with van der Waals surface area (Å²) >= 11 is 1.74. The molecular formula is C21H18N2OS. The van der Waals surface area contributed by atoms with E-state index in [1.54, 1.807) is 11.8 Å². The van der Waals surface area contributed by atoms with Crippen LogP contribution >= 0.6 is 11.8 Å². The molecule has 0 amide bonds. The van der Waals surface area contributed by atoms with Gasteiger partial charge in [-0.3, -0.25) is 9.79 Å². The molecule has 0 atom stereocenters. The van der Waals surface area contributed by atoms with Crippen LogP contribution < -0.4 is 4.90 Å². The second-order valence-corrected chi connectivity index (χ2v) is 6.92. The molecule has 2 heterocycles. The second kappa shape index (κ2) is 6.73. The van der Waals surface area contributed by atoms with E-state index in [0.717, 1.165) is 22.8 Å². The maximum absolute atomic E-state index is 12.3. The first-order valence-corrected chi connectivity index (χ1v) is 9.19. The zero-order chi connectivity index (χ0) is 17.2. The van der Waals surface area contributed by atoms with Gasteiger partial charge in [0.15, 0.2) is 5.78 Å². The van der Waals surface area contributed by atoms with Crippen molar-refractivity contribution in [3.8, 4) is 0 Å². The predicted molar refractivity (Wildman–Crippen MR) is 104 cm³/mol. The third-order valence-electron chi connectivity index (χ3n) is 4.33. The Bertz CT molecular complexity index is 913. The molecule has 0 fully saturated rings. The lowest BCUT2D eigenvalue weighted by molar-refractivity contribution is -0.113. The van der Waals surface area contributed by atoms with Gasteiger partial charge in [0, 0.05) is 22.6 Å². The number of anilines is 1. The number of fused-ring (bicyclic) bond motifs is 1. The van der Waals surface area contributed by atoms with Crippen LogP contribution in [0.4, 0.5) is 5.69 Å². The Morgan fingerprint density at radius 1 is 1.08 bits per heavy atom. The topological polar surface area (TPSA) is 32.7 Å². The highest BCUT2D eigenvalue weighted by atomic mass is 32.2. The summed E-state index contributed by atoms with van der Waals surface area (Å²) in [6.07, 6.45) is 3.98. The first-order chi connectivity index (χ1) is 12.3. The zero-order valence-electron chi connectivity index (χ0n) is 14.0. The number of rotatable bonds is 3. The molecule has 0 bridgehead atoms. The van der Waals surface area contributed by atoms with Gasteiger partial charge in [-0.05, 0) is 31.2 Å². The molecule has 0 saturated carbocycles. The molecule has 2 aliphatic rings. The standard InChI is InChI=1S/C21H18N2OS/c1-2-23-17-10-6-7-11-19(17)25-20(23)13-12-16-18(24)14-22-21(16)15-8-4-3-5-9-15/h3-13H,2,14H2,1H3. The van der Waals surface area contributed by atoms with Gasteiger partial charge in [0.1, 0.15) is 6.54 Å². The number of hydrogen-bond donors (Lipinski definition) is 0. The van der Waals surface area contributed by atoms with Crippen molar-refractivity contribution in [2.45, 2.75) is 11.8 Å². The highest BCUT2D eigenvalue weighted by Gasteiger charge is 2.25. The van der Waals surface area contributed by atoms with Crippen molar-refractivity contribution >= 4 is 28.9 Å². The Morgan fingerprint density at radius 3 is 2.64 bits per heavy atom. The van der Waals surface area contributed by atoms with Gasteiger partial charge in [-0.1, -0.05) is 54.2 Å². The van der Waals surface area contributed by atoms with Crippen LogP contribution in [0.1, 0.15) is 12.5 Å². The van der Waals surface area contributed by atoms with Crippen LogP contribution in [-0.4, -0.2) is 24.6 Å². The maximum atomic E-state index is 12.3. The van der Waals surface area contributed by atoms with Gasteiger partial charge in [-0.25, -0.2) is 0 Å². The molecule has 3 nitrogen and oxygen atoms in total. The number of thioether (sulfide) groups is 1. The van der Waals surface area contributed by atoms with E-state index in [9.17, 15) is 4.79 Å². The molecule has 4 heteroatoms. The summed E-state index contributed by atoms with van der Waals surface area (Å²) in [5.74, 6) is 0.0827.